The van der Waals surface area contributed by atoms with Crippen LogP contribution in [0.25, 0.3) is 27.7 Å². The summed E-state index contributed by atoms with van der Waals surface area (Å²) in [5.41, 5.74) is 6.95. The molecular weight excluding hydrogens is 1050 g/mol. The van der Waals surface area contributed by atoms with Crippen molar-refractivity contribution in [3.8, 4) is 11.3 Å². The monoisotopic (exact) mass is 1140 g/mol. The molecular formula is C62H87F3N10O7. The molecule has 1 spiro atoms. The van der Waals surface area contributed by atoms with E-state index in [2.05, 4.69) is 36.4 Å². The fourth-order valence-corrected chi connectivity index (χ4v) is 14.5. The first-order valence-corrected chi connectivity index (χ1v) is 30.5. The van der Waals surface area contributed by atoms with Crippen LogP contribution >= 0.6 is 0 Å². The third kappa shape index (κ3) is 12.9. The van der Waals surface area contributed by atoms with Crippen molar-refractivity contribution in [3.05, 3.63) is 53.4 Å². The third-order valence-corrected chi connectivity index (χ3v) is 18.9. The highest BCUT2D eigenvalue weighted by molar-refractivity contribution is 5.95. The molecule has 2 saturated carbocycles. The van der Waals surface area contributed by atoms with Gasteiger partial charge in [0.2, 0.25) is 5.91 Å². The molecule has 2 N–H and O–H groups in total. The lowest BCUT2D eigenvalue weighted by atomic mass is 9.84. The number of nitrogens with one attached hydrogen (secondary N) is 2. The van der Waals surface area contributed by atoms with Crippen LogP contribution in [-0.2, 0) is 41.6 Å². The van der Waals surface area contributed by atoms with Gasteiger partial charge in [0.15, 0.2) is 0 Å². The minimum absolute atomic E-state index is 0.0495. The van der Waals surface area contributed by atoms with Crippen molar-refractivity contribution in [2.24, 2.45) is 16.7 Å². The summed E-state index contributed by atoms with van der Waals surface area (Å²) in [7, 11) is 1.58. The van der Waals surface area contributed by atoms with Crippen molar-refractivity contribution in [1.82, 2.24) is 44.9 Å². The number of methoxy groups -OCH3 is 1. The number of nitrogens with zero attached hydrogens (tertiary/aromatic N) is 8. The predicted molar refractivity (Wildman–Crippen MR) is 308 cm³/mol. The number of pyridine rings is 1. The van der Waals surface area contributed by atoms with Crippen molar-refractivity contribution in [2.45, 2.75) is 167 Å². The van der Waals surface area contributed by atoms with Crippen molar-refractivity contribution in [3.63, 3.8) is 0 Å². The molecule has 20 heteroatoms. The van der Waals surface area contributed by atoms with Crippen LogP contribution in [0.2, 0.25) is 0 Å². The van der Waals surface area contributed by atoms with Crippen LogP contribution in [0, 0.1) is 16.7 Å². The maximum atomic E-state index is 15.3. The van der Waals surface area contributed by atoms with E-state index < -0.39 is 53.9 Å². The van der Waals surface area contributed by atoms with Gasteiger partial charge in [0, 0.05) is 112 Å². The number of alkyl halides is 3. The second-order valence-electron chi connectivity index (χ2n) is 27.0. The largest absolute Gasteiger partial charge is 0.464 e. The standard InChI is InChI=1S/C62H87F3N10O7/c1-40(80-7)52-47(31-45(33-66-52)71-28-26-70(27-29-71)44-17-18-44)54-48-32-60(5,6)39-81-57(78)49-15-11-23-75(68-49)56(77)50(35-69-22-10-14-43(34-69)42-16-19-51(46(48)30-42)74(54)38-62(63,64)65)67-55(76)53(41-12-8-9-13-41)72-24-20-61(36-72)21-25-73(37-61)58(79)82-59(2,3)4/h14,16,19,30-31,33,40-41,44,49-50,53,68H,8-13,15,17-18,20-29,32,34-39H2,1-7H3,(H,67,76)/t40-,49-,50-,53-,61-/m0/s1. The number of fused-ring (bicyclic) bond motifs is 6. The van der Waals surface area contributed by atoms with Crippen LogP contribution in [0.4, 0.5) is 23.7 Å². The Bertz CT molecular complexity index is 2900. The number of rotatable bonds is 10. The molecule has 8 aliphatic rings. The number of likely N-dealkylation sites (tertiary alicyclic amines) is 2. The maximum Gasteiger partial charge on any atom is 0.410 e. The quantitative estimate of drug-likeness (QED) is 0.187. The summed E-state index contributed by atoms with van der Waals surface area (Å²) in [6.07, 6.45) is 8.35. The lowest BCUT2D eigenvalue weighted by molar-refractivity contribution is -0.155. The smallest absolute Gasteiger partial charge is 0.410 e. The fraction of sp³-hybridized carbons (Fsp3) is 0.694. The maximum absolute atomic E-state index is 15.3. The van der Waals surface area contributed by atoms with E-state index in [1.54, 1.807) is 13.2 Å². The number of anilines is 1. The van der Waals surface area contributed by atoms with Crippen LogP contribution in [0.1, 0.15) is 135 Å². The number of aromatic nitrogens is 2. The van der Waals surface area contributed by atoms with Gasteiger partial charge in [-0.25, -0.2) is 10.2 Å². The number of hydrogen-bond donors (Lipinski definition) is 2. The van der Waals surface area contributed by atoms with Crippen molar-refractivity contribution in [1.29, 1.82) is 0 Å². The number of amides is 3. The van der Waals surface area contributed by atoms with E-state index in [0.29, 0.717) is 105 Å². The van der Waals surface area contributed by atoms with E-state index in [4.69, 9.17) is 19.2 Å². The molecule has 6 fully saturated rings. The summed E-state index contributed by atoms with van der Waals surface area (Å²) in [6, 6.07) is 6.07. The molecule has 82 heavy (non-hydrogen) atoms. The zero-order valence-electron chi connectivity index (χ0n) is 49.4. The fourth-order valence-electron chi connectivity index (χ4n) is 14.5. The second kappa shape index (κ2) is 23.3. The molecule has 6 atom stereocenters. The van der Waals surface area contributed by atoms with Crippen LogP contribution < -0.4 is 15.6 Å². The van der Waals surface area contributed by atoms with Gasteiger partial charge in [0.25, 0.3) is 5.91 Å². The lowest BCUT2D eigenvalue weighted by Crippen LogP contribution is -2.63. The molecule has 3 amide bonds. The molecule has 1 unspecified atom stereocenters. The number of halogens is 3. The van der Waals surface area contributed by atoms with E-state index in [9.17, 15) is 9.59 Å². The van der Waals surface area contributed by atoms with Crippen molar-refractivity contribution >= 4 is 46.0 Å². The van der Waals surface area contributed by atoms with E-state index in [1.165, 1.54) is 22.4 Å². The molecule has 6 bridgehead atoms. The van der Waals surface area contributed by atoms with Crippen molar-refractivity contribution in [2.75, 3.05) is 97.2 Å². The van der Waals surface area contributed by atoms with Gasteiger partial charge in [-0.3, -0.25) is 39.1 Å². The first-order valence-electron chi connectivity index (χ1n) is 30.5. The van der Waals surface area contributed by atoms with Crippen LogP contribution in [-0.4, -0.2) is 186 Å². The topological polar surface area (TPSA) is 157 Å². The Labute approximate surface area is 481 Å². The first-order chi connectivity index (χ1) is 39.0. The zero-order chi connectivity index (χ0) is 57.9. The summed E-state index contributed by atoms with van der Waals surface area (Å²) in [5.74, 6) is -0.952. The summed E-state index contributed by atoms with van der Waals surface area (Å²) >= 11 is 0. The van der Waals surface area contributed by atoms with E-state index >= 15 is 22.8 Å². The summed E-state index contributed by atoms with van der Waals surface area (Å²) in [5, 5.41) is 5.49. The van der Waals surface area contributed by atoms with Crippen molar-refractivity contribution < 1.29 is 46.6 Å². The number of hydrazine groups is 1. The molecule has 448 valence electrons. The van der Waals surface area contributed by atoms with Gasteiger partial charge in [0.1, 0.15) is 24.2 Å². The average molecular weight is 1140 g/mol. The van der Waals surface area contributed by atoms with Crippen LogP contribution in [0.5, 0.6) is 0 Å². The number of cyclic esters (lactones) is 1. The van der Waals surface area contributed by atoms with Gasteiger partial charge < -0.3 is 33.9 Å². The first kappa shape index (κ1) is 58.5. The van der Waals surface area contributed by atoms with E-state index in [1.807, 2.05) is 70.8 Å². The molecule has 8 heterocycles. The highest BCUT2D eigenvalue weighted by Gasteiger charge is 2.50. The Morgan fingerprint density at radius 1 is 0.927 bits per heavy atom. The number of carbonyl (C=O) groups is 4. The average Bonchev–Trinajstić information content (AvgIpc) is 2.54. The van der Waals surface area contributed by atoms with E-state index in [-0.39, 0.29) is 48.8 Å². The number of benzene rings is 1. The Morgan fingerprint density at radius 3 is 2.40 bits per heavy atom. The van der Waals surface area contributed by atoms with Crippen LogP contribution in [0.3, 0.4) is 0 Å². The Balaban J connectivity index is 0.941. The predicted octanol–water partition coefficient (Wildman–Crippen LogP) is 8.34. The minimum atomic E-state index is -4.59. The Hall–Kier alpha value is -5.28. The number of carbonyl (C=O) groups excluding carboxylic acids is 4. The van der Waals surface area contributed by atoms with Gasteiger partial charge in [-0.2, -0.15) is 13.2 Å². The SMILES string of the molecule is CO[C@@H](C)c1ncc(N2CCN(C3CC3)CC2)cc1-c1c2c3cc(ccc3n1CC(F)(F)F)C1=CCCN(C1)C[C@H](NC(=O)[C@H](C1CCCC1)N1CC[C@]3(CCN(C(=O)OC(C)(C)C)C3)C1)C(=O)N1CCC[C@H](N1)C(=O)OCC(C)(C)C2. The van der Waals surface area contributed by atoms with Gasteiger partial charge in [-0.1, -0.05) is 38.8 Å². The molecule has 6 aliphatic heterocycles. The van der Waals surface area contributed by atoms with Gasteiger partial charge >= 0.3 is 18.2 Å². The molecule has 3 aromatic rings. The Morgan fingerprint density at radius 2 is 1.68 bits per heavy atom. The van der Waals surface area contributed by atoms with Gasteiger partial charge in [0.05, 0.1) is 42.0 Å². The molecule has 0 radical (unpaired) electrons. The third-order valence-electron chi connectivity index (χ3n) is 18.9. The van der Waals surface area contributed by atoms with E-state index in [0.717, 1.165) is 81.5 Å². The molecule has 4 saturated heterocycles. The van der Waals surface area contributed by atoms with Crippen LogP contribution in [0.15, 0.2) is 36.5 Å². The summed E-state index contributed by atoms with van der Waals surface area (Å²) in [6.45, 7) is 17.6. The normalized spacial score (nSPS) is 27.2. The Kier molecular flexibility index (Phi) is 16.6. The molecule has 2 aliphatic carbocycles. The highest BCUT2D eigenvalue weighted by atomic mass is 19.4. The lowest BCUT2D eigenvalue weighted by Gasteiger charge is -2.39. The highest BCUT2D eigenvalue weighted by Crippen LogP contribution is 2.46. The molecule has 1 aromatic carbocycles. The number of piperazine rings is 1. The molecule has 2 aromatic heterocycles. The number of esters is 1. The zero-order valence-corrected chi connectivity index (χ0v) is 49.4. The molecule has 11 rings (SSSR count). The minimum Gasteiger partial charge on any atom is -0.464 e. The number of hydrogen-bond acceptors (Lipinski definition) is 13. The van der Waals surface area contributed by atoms with Gasteiger partial charge in [-0.05, 0) is 139 Å². The van der Waals surface area contributed by atoms with Gasteiger partial charge in [-0.15, -0.1) is 0 Å². The number of ether oxygens (including phenoxy) is 3. The summed E-state index contributed by atoms with van der Waals surface area (Å²) < 4.78 is 65.0. The summed E-state index contributed by atoms with van der Waals surface area (Å²) in [4.78, 5) is 74.1. The second-order valence-corrected chi connectivity index (χ2v) is 27.0. The molecule has 17 nitrogen and oxygen atoms in total.